The van der Waals surface area contributed by atoms with Gasteiger partial charge in [0.1, 0.15) is 4.90 Å². The summed E-state index contributed by atoms with van der Waals surface area (Å²) in [7, 11) is 1.47. The zero-order chi connectivity index (χ0) is 9.19. The van der Waals surface area contributed by atoms with Crippen LogP contribution in [0, 0.1) is 0 Å². The van der Waals surface area contributed by atoms with Crippen LogP contribution >= 0.6 is 10.7 Å². The highest BCUT2D eigenvalue weighted by Crippen LogP contribution is 2.13. The molecule has 0 atom stereocenters. The van der Waals surface area contributed by atoms with Crippen molar-refractivity contribution in [1.29, 1.82) is 0 Å². The SMILES string of the molecule is CCc1ccc(S(=O)(=O)Cl)cn1. The first-order valence-electron chi connectivity index (χ1n) is 3.43. The van der Waals surface area contributed by atoms with Crippen molar-refractivity contribution in [2.75, 3.05) is 0 Å². The lowest BCUT2D eigenvalue weighted by atomic mass is 10.3. The number of rotatable bonds is 2. The Morgan fingerprint density at radius 3 is 2.50 bits per heavy atom. The van der Waals surface area contributed by atoms with Crippen molar-refractivity contribution in [1.82, 2.24) is 4.98 Å². The molecule has 1 aromatic heterocycles. The number of aromatic nitrogens is 1. The molecule has 0 unspecified atom stereocenters. The first kappa shape index (κ1) is 9.48. The van der Waals surface area contributed by atoms with Crippen molar-refractivity contribution in [3.05, 3.63) is 24.0 Å². The number of halogens is 1. The summed E-state index contributed by atoms with van der Waals surface area (Å²) in [5.41, 5.74) is 0.846. The zero-order valence-electron chi connectivity index (χ0n) is 6.49. The molecule has 0 aliphatic rings. The molecule has 0 bridgehead atoms. The molecule has 0 saturated heterocycles. The van der Waals surface area contributed by atoms with Crippen molar-refractivity contribution in [3.8, 4) is 0 Å². The van der Waals surface area contributed by atoms with E-state index in [1.165, 1.54) is 12.3 Å². The Bertz CT molecular complexity index is 357. The summed E-state index contributed by atoms with van der Waals surface area (Å²) in [6, 6.07) is 3.10. The summed E-state index contributed by atoms with van der Waals surface area (Å²) in [4.78, 5) is 3.94. The van der Waals surface area contributed by atoms with Gasteiger partial charge in [0.05, 0.1) is 0 Å². The molecule has 12 heavy (non-hydrogen) atoms. The molecular weight excluding hydrogens is 198 g/mol. The molecule has 1 heterocycles. The van der Waals surface area contributed by atoms with Gasteiger partial charge in [0.25, 0.3) is 9.05 Å². The third kappa shape index (κ3) is 2.19. The van der Waals surface area contributed by atoms with Crippen LogP contribution in [-0.2, 0) is 15.5 Å². The van der Waals surface area contributed by atoms with Crippen LogP contribution in [0.4, 0.5) is 0 Å². The highest BCUT2D eigenvalue weighted by Gasteiger charge is 2.08. The molecule has 0 spiro atoms. The van der Waals surface area contributed by atoms with Gasteiger partial charge >= 0.3 is 0 Å². The second-order valence-electron chi connectivity index (χ2n) is 2.28. The summed E-state index contributed by atoms with van der Waals surface area (Å²) < 4.78 is 21.5. The number of pyridine rings is 1. The van der Waals surface area contributed by atoms with Crippen molar-refractivity contribution in [2.45, 2.75) is 18.2 Å². The molecule has 0 fully saturated rings. The zero-order valence-corrected chi connectivity index (χ0v) is 8.06. The molecule has 0 aliphatic carbocycles. The van der Waals surface area contributed by atoms with Gasteiger partial charge in [0.15, 0.2) is 0 Å². The number of hydrogen-bond donors (Lipinski definition) is 0. The predicted molar refractivity (Wildman–Crippen MR) is 46.7 cm³/mol. The van der Waals surface area contributed by atoms with Crippen molar-refractivity contribution < 1.29 is 8.42 Å². The summed E-state index contributed by atoms with van der Waals surface area (Å²) in [5, 5.41) is 0. The van der Waals surface area contributed by atoms with Crippen LogP contribution in [0.5, 0.6) is 0 Å². The van der Waals surface area contributed by atoms with Crippen molar-refractivity contribution in [2.24, 2.45) is 0 Å². The fraction of sp³-hybridized carbons (Fsp3) is 0.286. The van der Waals surface area contributed by atoms with Gasteiger partial charge in [0, 0.05) is 22.6 Å². The predicted octanol–water partition coefficient (Wildman–Crippen LogP) is 1.57. The van der Waals surface area contributed by atoms with Crippen LogP contribution in [0.25, 0.3) is 0 Å². The van der Waals surface area contributed by atoms with E-state index >= 15 is 0 Å². The van der Waals surface area contributed by atoms with Gasteiger partial charge in [-0.15, -0.1) is 0 Å². The van der Waals surface area contributed by atoms with Crippen LogP contribution < -0.4 is 0 Å². The van der Waals surface area contributed by atoms with E-state index in [1.807, 2.05) is 6.92 Å². The van der Waals surface area contributed by atoms with Gasteiger partial charge in [-0.3, -0.25) is 4.98 Å². The van der Waals surface area contributed by atoms with Gasteiger partial charge in [-0.1, -0.05) is 6.92 Å². The second-order valence-corrected chi connectivity index (χ2v) is 4.84. The van der Waals surface area contributed by atoms with Crippen LogP contribution in [0.3, 0.4) is 0 Å². The summed E-state index contributed by atoms with van der Waals surface area (Å²) in [5.74, 6) is 0. The van der Waals surface area contributed by atoms with Gasteiger partial charge in [-0.2, -0.15) is 0 Å². The highest BCUT2D eigenvalue weighted by molar-refractivity contribution is 8.13. The van der Waals surface area contributed by atoms with E-state index in [-0.39, 0.29) is 4.90 Å². The minimum absolute atomic E-state index is 0.0429. The summed E-state index contributed by atoms with van der Waals surface area (Å²) in [6.45, 7) is 1.94. The Kier molecular flexibility index (Phi) is 2.69. The molecule has 1 rings (SSSR count). The third-order valence-electron chi connectivity index (χ3n) is 1.44. The van der Waals surface area contributed by atoms with E-state index in [4.69, 9.17) is 10.7 Å². The van der Waals surface area contributed by atoms with Gasteiger partial charge in [0.2, 0.25) is 0 Å². The molecule has 3 nitrogen and oxygen atoms in total. The maximum Gasteiger partial charge on any atom is 0.262 e. The lowest BCUT2D eigenvalue weighted by Crippen LogP contribution is -1.93. The molecule has 66 valence electrons. The first-order valence-corrected chi connectivity index (χ1v) is 5.74. The summed E-state index contributed by atoms with van der Waals surface area (Å²) >= 11 is 0. The average Bonchev–Trinajstić information content (AvgIpc) is 2.03. The average molecular weight is 206 g/mol. The molecule has 0 N–H and O–H groups in total. The van der Waals surface area contributed by atoms with E-state index in [1.54, 1.807) is 6.07 Å². The van der Waals surface area contributed by atoms with E-state index < -0.39 is 9.05 Å². The van der Waals surface area contributed by atoms with Crippen LogP contribution in [0.15, 0.2) is 23.2 Å². The monoisotopic (exact) mass is 205 g/mol. The lowest BCUT2D eigenvalue weighted by molar-refractivity contribution is 0.609. The Labute approximate surface area is 75.8 Å². The number of hydrogen-bond acceptors (Lipinski definition) is 3. The molecule has 0 aromatic carbocycles. The van der Waals surface area contributed by atoms with Gasteiger partial charge in [-0.25, -0.2) is 8.42 Å². The Morgan fingerprint density at radius 2 is 2.17 bits per heavy atom. The normalized spacial score (nSPS) is 11.5. The van der Waals surface area contributed by atoms with Gasteiger partial charge in [-0.05, 0) is 18.6 Å². The van der Waals surface area contributed by atoms with E-state index in [0.717, 1.165) is 12.1 Å². The largest absolute Gasteiger partial charge is 0.262 e. The second kappa shape index (κ2) is 3.41. The van der Waals surface area contributed by atoms with Crippen LogP contribution in [-0.4, -0.2) is 13.4 Å². The maximum absolute atomic E-state index is 10.8. The topological polar surface area (TPSA) is 47.0 Å². The van der Waals surface area contributed by atoms with E-state index in [2.05, 4.69) is 4.98 Å². The molecule has 0 saturated carbocycles. The van der Waals surface area contributed by atoms with Crippen LogP contribution in [0.2, 0.25) is 0 Å². The molecule has 0 amide bonds. The fourth-order valence-corrected chi connectivity index (χ4v) is 1.45. The Balaban J connectivity index is 3.09. The highest BCUT2D eigenvalue weighted by atomic mass is 35.7. The van der Waals surface area contributed by atoms with Crippen molar-refractivity contribution >= 4 is 19.7 Å². The maximum atomic E-state index is 10.8. The minimum Gasteiger partial charge on any atom is -0.260 e. The van der Waals surface area contributed by atoms with E-state index in [9.17, 15) is 8.42 Å². The van der Waals surface area contributed by atoms with Gasteiger partial charge < -0.3 is 0 Å². The van der Waals surface area contributed by atoms with Crippen molar-refractivity contribution in [3.63, 3.8) is 0 Å². The van der Waals surface area contributed by atoms with E-state index in [0.29, 0.717) is 0 Å². The number of nitrogens with zero attached hydrogens (tertiary/aromatic N) is 1. The minimum atomic E-state index is -3.62. The standard InChI is InChI=1S/C7H8ClNO2S/c1-2-6-3-4-7(5-9-6)12(8,10)11/h3-5H,2H2,1H3. The summed E-state index contributed by atoms with van der Waals surface area (Å²) in [6.07, 6.45) is 2.05. The van der Waals surface area contributed by atoms with Crippen LogP contribution in [0.1, 0.15) is 12.6 Å². The lowest BCUT2D eigenvalue weighted by Gasteiger charge is -1.96. The quantitative estimate of drug-likeness (QED) is 0.689. The number of aryl methyl sites for hydroxylation is 1. The molecule has 1 aromatic rings. The molecular formula is C7H8ClNO2S. The molecule has 0 radical (unpaired) electrons. The smallest absolute Gasteiger partial charge is 0.260 e. The molecule has 5 heteroatoms. The Morgan fingerprint density at radius 1 is 1.50 bits per heavy atom. The third-order valence-corrected chi connectivity index (χ3v) is 2.78. The fourth-order valence-electron chi connectivity index (χ4n) is 0.764. The Hall–Kier alpha value is -0.610. The first-order chi connectivity index (χ1) is 5.54. The molecule has 0 aliphatic heterocycles.